The third-order valence-electron chi connectivity index (χ3n) is 3.59. The van der Waals surface area contributed by atoms with E-state index in [-0.39, 0.29) is 6.04 Å². The van der Waals surface area contributed by atoms with Gasteiger partial charge in [-0.2, -0.15) is 0 Å². The lowest BCUT2D eigenvalue weighted by Gasteiger charge is -2.40. The predicted octanol–water partition coefficient (Wildman–Crippen LogP) is 0.982. The first kappa shape index (κ1) is 9.97. The van der Waals surface area contributed by atoms with Gasteiger partial charge in [-0.3, -0.25) is 4.79 Å². The number of hydrogen-bond donors (Lipinski definition) is 1. The molecule has 1 aliphatic heterocycles. The highest BCUT2D eigenvalue weighted by Crippen LogP contribution is 2.30. The van der Waals surface area contributed by atoms with Crippen LogP contribution in [0.1, 0.15) is 32.6 Å². The Balaban J connectivity index is 1.81. The Morgan fingerprint density at radius 3 is 2.29 bits per heavy atom. The molecule has 2 fully saturated rings. The highest BCUT2D eigenvalue weighted by atomic mass is 16.2. The quantitative estimate of drug-likeness (QED) is 0.679. The van der Waals surface area contributed by atoms with E-state index in [1.807, 2.05) is 4.90 Å². The summed E-state index contributed by atoms with van der Waals surface area (Å²) in [6, 6.07) is 0.237. The molecule has 1 saturated carbocycles. The van der Waals surface area contributed by atoms with Gasteiger partial charge in [-0.15, -0.1) is 0 Å². The molecule has 0 atom stereocenters. The Kier molecular flexibility index (Phi) is 2.77. The van der Waals surface area contributed by atoms with Crippen LogP contribution in [0, 0.1) is 11.8 Å². The topological polar surface area (TPSA) is 46.3 Å². The van der Waals surface area contributed by atoms with Gasteiger partial charge >= 0.3 is 0 Å². The molecule has 1 aliphatic carbocycles. The van der Waals surface area contributed by atoms with Gasteiger partial charge in [-0.05, 0) is 31.6 Å². The Morgan fingerprint density at radius 1 is 1.21 bits per heavy atom. The number of carbonyl (C=O) groups is 1. The Labute approximate surface area is 85.6 Å². The van der Waals surface area contributed by atoms with Gasteiger partial charge in [0, 0.05) is 25.0 Å². The van der Waals surface area contributed by atoms with Crippen LogP contribution in [0.5, 0.6) is 0 Å². The van der Waals surface area contributed by atoms with Gasteiger partial charge in [0.05, 0.1) is 0 Å². The maximum absolute atomic E-state index is 11.9. The molecule has 0 spiro atoms. The lowest BCUT2D eigenvalue weighted by molar-refractivity contribution is -0.141. The molecule has 2 N–H and O–H groups in total. The number of hydrogen-bond acceptors (Lipinski definition) is 2. The van der Waals surface area contributed by atoms with E-state index < -0.39 is 0 Å². The average molecular weight is 196 g/mol. The Bertz CT molecular complexity index is 215. The number of carbonyl (C=O) groups excluding carboxylic acids is 1. The van der Waals surface area contributed by atoms with E-state index in [4.69, 9.17) is 5.73 Å². The number of nitrogens with zero attached hydrogens (tertiary/aromatic N) is 1. The third-order valence-corrected chi connectivity index (χ3v) is 3.59. The van der Waals surface area contributed by atoms with Crippen molar-refractivity contribution in [1.82, 2.24) is 4.90 Å². The minimum Gasteiger partial charge on any atom is -0.339 e. The lowest BCUT2D eigenvalue weighted by atomic mass is 9.82. The van der Waals surface area contributed by atoms with Gasteiger partial charge in [0.2, 0.25) is 5.91 Å². The molecule has 3 nitrogen and oxygen atoms in total. The summed E-state index contributed by atoms with van der Waals surface area (Å²) in [5, 5.41) is 0. The van der Waals surface area contributed by atoms with Crippen LogP contribution in [0.4, 0.5) is 0 Å². The summed E-state index contributed by atoms with van der Waals surface area (Å²) < 4.78 is 0. The van der Waals surface area contributed by atoms with E-state index in [0.29, 0.717) is 11.8 Å². The van der Waals surface area contributed by atoms with Crippen LogP contribution in [0.3, 0.4) is 0 Å². The molecule has 1 heterocycles. The van der Waals surface area contributed by atoms with Crippen molar-refractivity contribution in [2.75, 3.05) is 13.1 Å². The smallest absolute Gasteiger partial charge is 0.225 e. The Morgan fingerprint density at radius 2 is 1.79 bits per heavy atom. The van der Waals surface area contributed by atoms with Crippen LogP contribution in [0.15, 0.2) is 0 Å². The van der Waals surface area contributed by atoms with Crippen LogP contribution in [-0.2, 0) is 4.79 Å². The Hall–Kier alpha value is -0.570. The molecule has 0 radical (unpaired) electrons. The van der Waals surface area contributed by atoms with Crippen LogP contribution >= 0.6 is 0 Å². The normalized spacial score (nSPS) is 34.0. The highest BCUT2D eigenvalue weighted by molar-refractivity contribution is 5.79. The summed E-state index contributed by atoms with van der Waals surface area (Å²) in [6.07, 6.45) is 4.62. The first-order chi connectivity index (χ1) is 6.66. The molecule has 80 valence electrons. The molecule has 2 rings (SSSR count). The molecule has 0 unspecified atom stereocenters. The molecule has 2 aliphatic rings. The molecule has 14 heavy (non-hydrogen) atoms. The van der Waals surface area contributed by atoms with Gasteiger partial charge in [-0.1, -0.05) is 6.92 Å². The van der Waals surface area contributed by atoms with E-state index in [1.54, 1.807) is 0 Å². The zero-order valence-corrected chi connectivity index (χ0v) is 8.91. The standard InChI is InChI=1S/C11H20N2O/c1-8-2-4-9(5-3-8)11(14)13-6-10(12)7-13/h8-10H,2-7,12H2,1H3. The molecule has 0 aromatic heterocycles. The van der Waals surface area contributed by atoms with Crippen molar-refractivity contribution in [3.05, 3.63) is 0 Å². The highest BCUT2D eigenvalue weighted by Gasteiger charge is 2.33. The first-order valence-electron chi connectivity index (χ1n) is 5.71. The van der Waals surface area contributed by atoms with Crippen molar-refractivity contribution >= 4 is 5.91 Å². The van der Waals surface area contributed by atoms with Crippen molar-refractivity contribution in [3.63, 3.8) is 0 Å². The second kappa shape index (κ2) is 3.89. The van der Waals surface area contributed by atoms with Crippen molar-refractivity contribution < 1.29 is 4.79 Å². The number of amides is 1. The number of likely N-dealkylation sites (tertiary alicyclic amines) is 1. The van der Waals surface area contributed by atoms with Gasteiger partial charge < -0.3 is 10.6 Å². The second-order valence-electron chi connectivity index (χ2n) is 4.96. The van der Waals surface area contributed by atoms with Crippen molar-refractivity contribution in [1.29, 1.82) is 0 Å². The van der Waals surface area contributed by atoms with E-state index in [0.717, 1.165) is 31.8 Å². The summed E-state index contributed by atoms with van der Waals surface area (Å²) in [6.45, 7) is 3.84. The maximum atomic E-state index is 11.9. The summed E-state index contributed by atoms with van der Waals surface area (Å²) >= 11 is 0. The minimum absolute atomic E-state index is 0.237. The van der Waals surface area contributed by atoms with Crippen LogP contribution in [-0.4, -0.2) is 29.9 Å². The monoisotopic (exact) mass is 196 g/mol. The van der Waals surface area contributed by atoms with Crippen molar-refractivity contribution in [3.8, 4) is 0 Å². The SMILES string of the molecule is CC1CCC(C(=O)N2CC(N)C2)CC1. The van der Waals surface area contributed by atoms with E-state index in [1.165, 1.54) is 12.8 Å². The number of rotatable bonds is 1. The zero-order valence-electron chi connectivity index (χ0n) is 8.91. The molecule has 0 aromatic carbocycles. The molecule has 1 amide bonds. The van der Waals surface area contributed by atoms with Gasteiger partial charge in [0.1, 0.15) is 0 Å². The van der Waals surface area contributed by atoms with E-state index >= 15 is 0 Å². The molecular formula is C11H20N2O. The maximum Gasteiger partial charge on any atom is 0.225 e. The lowest BCUT2D eigenvalue weighted by Crippen LogP contribution is -2.59. The first-order valence-corrected chi connectivity index (χ1v) is 5.71. The van der Waals surface area contributed by atoms with Crippen LogP contribution < -0.4 is 5.73 Å². The summed E-state index contributed by atoms with van der Waals surface area (Å²) in [5.74, 6) is 1.48. The van der Waals surface area contributed by atoms with Crippen LogP contribution in [0.25, 0.3) is 0 Å². The summed E-state index contributed by atoms with van der Waals surface area (Å²) in [4.78, 5) is 13.8. The molecule has 3 heteroatoms. The molecule has 0 aromatic rings. The fourth-order valence-corrected chi connectivity index (χ4v) is 2.46. The fourth-order valence-electron chi connectivity index (χ4n) is 2.46. The predicted molar refractivity (Wildman–Crippen MR) is 55.7 cm³/mol. The molecular weight excluding hydrogens is 176 g/mol. The van der Waals surface area contributed by atoms with Gasteiger partial charge in [0.25, 0.3) is 0 Å². The average Bonchev–Trinajstić information content (AvgIpc) is 2.13. The zero-order chi connectivity index (χ0) is 10.1. The largest absolute Gasteiger partial charge is 0.339 e. The molecule has 0 bridgehead atoms. The third kappa shape index (κ3) is 1.92. The van der Waals surface area contributed by atoms with Crippen molar-refractivity contribution in [2.45, 2.75) is 38.6 Å². The van der Waals surface area contributed by atoms with E-state index in [2.05, 4.69) is 6.92 Å². The molecule has 1 saturated heterocycles. The second-order valence-corrected chi connectivity index (χ2v) is 4.96. The summed E-state index contributed by atoms with van der Waals surface area (Å²) in [7, 11) is 0. The fraction of sp³-hybridized carbons (Fsp3) is 0.909. The van der Waals surface area contributed by atoms with Crippen molar-refractivity contribution in [2.24, 2.45) is 17.6 Å². The van der Waals surface area contributed by atoms with Gasteiger partial charge in [0.15, 0.2) is 0 Å². The minimum atomic E-state index is 0.237. The summed E-state index contributed by atoms with van der Waals surface area (Å²) in [5.41, 5.74) is 5.66. The van der Waals surface area contributed by atoms with Gasteiger partial charge in [-0.25, -0.2) is 0 Å². The number of nitrogens with two attached hydrogens (primary N) is 1. The van der Waals surface area contributed by atoms with Crippen LogP contribution in [0.2, 0.25) is 0 Å². The van der Waals surface area contributed by atoms with E-state index in [9.17, 15) is 4.79 Å².